The maximum absolute atomic E-state index is 11.2. The van der Waals surface area contributed by atoms with Crippen LogP contribution >= 0.6 is 11.3 Å². The first-order valence-electron chi connectivity index (χ1n) is 6.31. The molecule has 0 unspecified atom stereocenters. The molecule has 8 heteroatoms. The van der Waals surface area contributed by atoms with E-state index in [1.54, 1.807) is 36.4 Å². The number of anilines is 2. The van der Waals surface area contributed by atoms with Crippen LogP contribution in [-0.2, 0) is 10.0 Å². The van der Waals surface area contributed by atoms with Gasteiger partial charge in [-0.3, -0.25) is 4.72 Å². The lowest BCUT2D eigenvalue weighted by Crippen LogP contribution is -2.08. The number of nitrogens with zero attached hydrogens (tertiary/aromatic N) is 1. The molecule has 0 atom stereocenters. The summed E-state index contributed by atoms with van der Waals surface area (Å²) in [6.07, 6.45) is 1.09. The number of nitrogen functional groups attached to an aromatic ring is 1. The molecule has 0 saturated heterocycles. The van der Waals surface area contributed by atoms with Crippen molar-refractivity contribution in [2.24, 2.45) is 0 Å². The van der Waals surface area contributed by atoms with Crippen molar-refractivity contribution in [1.82, 2.24) is 4.98 Å². The highest BCUT2D eigenvalue weighted by Gasteiger charge is 2.09. The second-order valence-electron chi connectivity index (χ2n) is 4.69. The number of nitrogens with one attached hydrogen (secondary N) is 1. The number of aromatic nitrogens is 1. The Morgan fingerprint density at radius 3 is 2.50 bits per heavy atom. The van der Waals surface area contributed by atoms with Gasteiger partial charge in [-0.1, -0.05) is 11.3 Å². The molecule has 114 valence electrons. The van der Waals surface area contributed by atoms with Crippen LogP contribution in [0.1, 0.15) is 0 Å². The summed E-state index contributed by atoms with van der Waals surface area (Å²) in [5.41, 5.74) is 7.01. The second kappa shape index (κ2) is 5.47. The minimum atomic E-state index is -3.33. The van der Waals surface area contributed by atoms with Gasteiger partial charge >= 0.3 is 0 Å². The minimum Gasteiger partial charge on any atom is -0.457 e. The van der Waals surface area contributed by atoms with E-state index in [-0.39, 0.29) is 0 Å². The van der Waals surface area contributed by atoms with Crippen molar-refractivity contribution in [1.29, 1.82) is 0 Å². The van der Waals surface area contributed by atoms with Crippen molar-refractivity contribution in [3.8, 4) is 11.5 Å². The largest absolute Gasteiger partial charge is 0.457 e. The molecular formula is C14H13N3O3S2. The first kappa shape index (κ1) is 14.6. The lowest BCUT2D eigenvalue weighted by Gasteiger charge is -2.05. The first-order valence-corrected chi connectivity index (χ1v) is 9.02. The molecule has 3 N–H and O–H groups in total. The Balaban J connectivity index is 1.87. The van der Waals surface area contributed by atoms with Gasteiger partial charge in [-0.05, 0) is 36.4 Å². The molecule has 0 amide bonds. The summed E-state index contributed by atoms with van der Waals surface area (Å²) in [4.78, 5) is 4.21. The fourth-order valence-corrected chi connectivity index (χ4v) is 3.57. The van der Waals surface area contributed by atoms with Crippen molar-refractivity contribution >= 4 is 42.4 Å². The standard InChI is InChI=1S/C14H13N3O3S2/c1-22(18,19)17-14-16-12-7-6-11(8-13(12)21-14)20-10-4-2-9(15)3-5-10/h2-8H,15H2,1H3,(H,16,17). The summed E-state index contributed by atoms with van der Waals surface area (Å²) in [5, 5.41) is 0.335. The number of hydrogen-bond donors (Lipinski definition) is 2. The molecule has 22 heavy (non-hydrogen) atoms. The third kappa shape index (κ3) is 3.46. The molecule has 0 fully saturated rings. The van der Waals surface area contributed by atoms with E-state index in [9.17, 15) is 8.42 Å². The van der Waals surface area contributed by atoms with Crippen molar-refractivity contribution in [2.75, 3.05) is 16.7 Å². The quantitative estimate of drug-likeness (QED) is 0.715. The van der Waals surface area contributed by atoms with E-state index in [1.807, 2.05) is 6.07 Å². The summed E-state index contributed by atoms with van der Waals surface area (Å²) in [6.45, 7) is 0. The summed E-state index contributed by atoms with van der Waals surface area (Å²) in [5.74, 6) is 1.32. The zero-order valence-electron chi connectivity index (χ0n) is 11.6. The van der Waals surface area contributed by atoms with Crippen molar-refractivity contribution in [2.45, 2.75) is 0 Å². The van der Waals surface area contributed by atoms with Gasteiger partial charge in [-0.25, -0.2) is 13.4 Å². The fraction of sp³-hybridized carbons (Fsp3) is 0.0714. The Morgan fingerprint density at radius 2 is 1.82 bits per heavy atom. The molecule has 6 nitrogen and oxygen atoms in total. The van der Waals surface area contributed by atoms with Gasteiger partial charge in [0.15, 0.2) is 5.13 Å². The molecule has 0 saturated carbocycles. The Bertz CT molecular complexity index is 918. The van der Waals surface area contributed by atoms with Gasteiger partial charge in [0.2, 0.25) is 10.0 Å². The number of nitrogens with two attached hydrogens (primary N) is 1. The number of benzene rings is 2. The van der Waals surface area contributed by atoms with Gasteiger partial charge in [-0.15, -0.1) is 0 Å². The molecule has 0 aliphatic carbocycles. The van der Waals surface area contributed by atoms with Crippen LogP contribution in [0.2, 0.25) is 0 Å². The molecule has 2 aromatic carbocycles. The van der Waals surface area contributed by atoms with E-state index in [4.69, 9.17) is 10.5 Å². The number of ether oxygens (including phenoxy) is 1. The van der Waals surface area contributed by atoms with Gasteiger partial charge < -0.3 is 10.5 Å². The Labute approximate surface area is 131 Å². The van der Waals surface area contributed by atoms with Crippen LogP contribution in [0.15, 0.2) is 42.5 Å². The summed E-state index contributed by atoms with van der Waals surface area (Å²) in [7, 11) is -3.33. The third-order valence-electron chi connectivity index (χ3n) is 2.75. The molecule has 1 aromatic heterocycles. The smallest absolute Gasteiger partial charge is 0.231 e. The molecule has 0 bridgehead atoms. The van der Waals surface area contributed by atoms with E-state index in [0.29, 0.717) is 27.8 Å². The van der Waals surface area contributed by atoms with E-state index >= 15 is 0 Å². The lowest BCUT2D eigenvalue weighted by molar-refractivity contribution is 0.483. The van der Waals surface area contributed by atoms with Crippen LogP contribution in [0.3, 0.4) is 0 Å². The molecule has 3 rings (SSSR count). The number of hydrogen-bond acceptors (Lipinski definition) is 6. The average Bonchev–Trinajstić information content (AvgIpc) is 2.80. The van der Waals surface area contributed by atoms with Gasteiger partial charge in [-0.2, -0.15) is 0 Å². The second-order valence-corrected chi connectivity index (χ2v) is 7.47. The van der Waals surface area contributed by atoms with Crippen molar-refractivity contribution in [3.05, 3.63) is 42.5 Å². The molecule has 0 aliphatic heterocycles. The van der Waals surface area contributed by atoms with Gasteiger partial charge in [0.25, 0.3) is 0 Å². The Kier molecular flexibility index (Phi) is 3.63. The summed E-state index contributed by atoms with van der Waals surface area (Å²) < 4.78 is 31.4. The third-order valence-corrected chi connectivity index (χ3v) is 4.38. The zero-order valence-corrected chi connectivity index (χ0v) is 13.2. The SMILES string of the molecule is CS(=O)(=O)Nc1nc2ccc(Oc3ccc(N)cc3)cc2s1. The highest BCUT2D eigenvalue weighted by atomic mass is 32.2. The van der Waals surface area contributed by atoms with Crippen LogP contribution in [0, 0.1) is 0 Å². The predicted molar refractivity (Wildman–Crippen MR) is 89.0 cm³/mol. The normalized spacial score (nSPS) is 11.5. The van der Waals surface area contributed by atoms with E-state index < -0.39 is 10.0 Å². The molecule has 1 heterocycles. The van der Waals surface area contributed by atoms with Crippen LogP contribution in [-0.4, -0.2) is 19.7 Å². The Hall–Kier alpha value is -2.32. The minimum absolute atomic E-state index is 0.335. The molecule has 0 aliphatic rings. The molecule has 3 aromatic rings. The monoisotopic (exact) mass is 335 g/mol. The summed E-state index contributed by atoms with van der Waals surface area (Å²) >= 11 is 1.25. The fourth-order valence-electron chi connectivity index (χ4n) is 1.84. The topological polar surface area (TPSA) is 94.3 Å². The van der Waals surface area contributed by atoms with Gasteiger partial charge in [0, 0.05) is 11.8 Å². The molecular weight excluding hydrogens is 322 g/mol. The highest BCUT2D eigenvalue weighted by molar-refractivity contribution is 7.92. The first-order chi connectivity index (χ1) is 10.4. The molecule has 0 radical (unpaired) electrons. The highest BCUT2D eigenvalue weighted by Crippen LogP contribution is 2.31. The number of thiazole rings is 1. The summed E-state index contributed by atoms with van der Waals surface area (Å²) in [6, 6.07) is 12.5. The number of rotatable bonds is 4. The predicted octanol–water partition coefficient (Wildman–Crippen LogP) is 3.04. The van der Waals surface area contributed by atoms with E-state index in [0.717, 1.165) is 11.0 Å². The van der Waals surface area contributed by atoms with E-state index in [1.165, 1.54) is 11.3 Å². The number of fused-ring (bicyclic) bond motifs is 1. The van der Waals surface area contributed by atoms with Crippen LogP contribution < -0.4 is 15.2 Å². The van der Waals surface area contributed by atoms with Gasteiger partial charge in [0.1, 0.15) is 11.5 Å². The maximum atomic E-state index is 11.2. The van der Waals surface area contributed by atoms with Crippen molar-refractivity contribution in [3.63, 3.8) is 0 Å². The van der Waals surface area contributed by atoms with Crippen LogP contribution in [0.4, 0.5) is 10.8 Å². The van der Waals surface area contributed by atoms with Gasteiger partial charge in [0.05, 0.1) is 16.5 Å². The van der Waals surface area contributed by atoms with Crippen molar-refractivity contribution < 1.29 is 13.2 Å². The number of sulfonamides is 1. The van der Waals surface area contributed by atoms with Crippen LogP contribution in [0.5, 0.6) is 11.5 Å². The van der Waals surface area contributed by atoms with E-state index in [2.05, 4.69) is 9.71 Å². The lowest BCUT2D eigenvalue weighted by atomic mass is 10.3. The Morgan fingerprint density at radius 1 is 1.14 bits per heavy atom. The average molecular weight is 335 g/mol. The van der Waals surface area contributed by atoms with Crippen LogP contribution in [0.25, 0.3) is 10.2 Å². The zero-order chi connectivity index (χ0) is 15.7. The molecule has 0 spiro atoms. The maximum Gasteiger partial charge on any atom is 0.231 e.